The van der Waals surface area contributed by atoms with E-state index in [2.05, 4.69) is 42.8 Å². The van der Waals surface area contributed by atoms with E-state index in [-0.39, 0.29) is 5.75 Å². The Kier molecular flexibility index (Phi) is 9.41. The lowest BCUT2D eigenvalue weighted by molar-refractivity contribution is 0.571. The summed E-state index contributed by atoms with van der Waals surface area (Å²) < 4.78 is 26.5. The predicted octanol–water partition coefficient (Wildman–Crippen LogP) is 4.07. The molecule has 0 heterocycles. The summed E-state index contributed by atoms with van der Waals surface area (Å²) in [7, 11) is -3.11. The molecule has 0 fully saturated rings. The van der Waals surface area contributed by atoms with Crippen LogP contribution in [0.15, 0.2) is 24.3 Å². The van der Waals surface area contributed by atoms with Gasteiger partial charge in [-0.1, -0.05) is 70.2 Å². The largest absolute Gasteiger partial charge is 0.215 e. The lowest BCUT2D eigenvalue weighted by Gasteiger charge is -2.07. The number of benzene rings is 1. The van der Waals surface area contributed by atoms with Crippen LogP contribution in [0.1, 0.15) is 63.5 Å². The SMILES string of the molecule is CCCCCCCCS(=O)(=O)NCCc1ccc(CC)cc1. The highest BCUT2D eigenvalue weighted by atomic mass is 32.2. The minimum Gasteiger partial charge on any atom is -0.215 e. The van der Waals surface area contributed by atoms with E-state index < -0.39 is 10.0 Å². The molecule has 0 radical (unpaired) electrons. The van der Waals surface area contributed by atoms with Gasteiger partial charge in [0.25, 0.3) is 0 Å². The molecular weight excluding hydrogens is 294 g/mol. The first kappa shape index (κ1) is 19.2. The van der Waals surface area contributed by atoms with Crippen molar-refractivity contribution in [2.45, 2.75) is 65.2 Å². The maximum atomic E-state index is 11.9. The van der Waals surface area contributed by atoms with Gasteiger partial charge < -0.3 is 0 Å². The highest BCUT2D eigenvalue weighted by Gasteiger charge is 2.08. The number of hydrogen-bond acceptors (Lipinski definition) is 2. The molecule has 0 spiro atoms. The van der Waals surface area contributed by atoms with Crippen molar-refractivity contribution in [3.63, 3.8) is 0 Å². The molecule has 0 unspecified atom stereocenters. The zero-order valence-corrected chi connectivity index (χ0v) is 14.9. The van der Waals surface area contributed by atoms with Crippen LogP contribution in [-0.2, 0) is 22.9 Å². The Morgan fingerprint density at radius 2 is 1.45 bits per heavy atom. The van der Waals surface area contributed by atoms with Crippen LogP contribution in [0.5, 0.6) is 0 Å². The highest BCUT2D eigenvalue weighted by Crippen LogP contribution is 2.07. The van der Waals surface area contributed by atoms with Crippen molar-refractivity contribution < 1.29 is 8.42 Å². The van der Waals surface area contributed by atoms with Crippen molar-refractivity contribution in [2.24, 2.45) is 0 Å². The molecule has 0 aromatic heterocycles. The van der Waals surface area contributed by atoms with Gasteiger partial charge in [-0.2, -0.15) is 0 Å². The third-order valence-electron chi connectivity index (χ3n) is 3.93. The summed E-state index contributed by atoms with van der Waals surface area (Å²) in [6.07, 6.45) is 8.40. The van der Waals surface area contributed by atoms with Crippen molar-refractivity contribution in [1.82, 2.24) is 4.72 Å². The summed E-state index contributed by atoms with van der Waals surface area (Å²) in [6, 6.07) is 8.39. The molecule has 0 aliphatic heterocycles. The van der Waals surface area contributed by atoms with Crippen LogP contribution >= 0.6 is 0 Å². The zero-order chi connectivity index (χ0) is 16.3. The van der Waals surface area contributed by atoms with Gasteiger partial charge in [-0.3, -0.25) is 0 Å². The number of sulfonamides is 1. The third-order valence-corrected chi connectivity index (χ3v) is 5.40. The van der Waals surface area contributed by atoms with E-state index in [0.29, 0.717) is 6.54 Å². The predicted molar refractivity (Wildman–Crippen MR) is 94.7 cm³/mol. The Morgan fingerprint density at radius 1 is 0.864 bits per heavy atom. The van der Waals surface area contributed by atoms with Crippen LogP contribution < -0.4 is 4.72 Å². The molecule has 0 bridgehead atoms. The van der Waals surface area contributed by atoms with E-state index >= 15 is 0 Å². The molecular formula is C18H31NO2S. The van der Waals surface area contributed by atoms with Gasteiger partial charge in [0.1, 0.15) is 0 Å². The highest BCUT2D eigenvalue weighted by molar-refractivity contribution is 7.89. The second-order valence-corrected chi connectivity index (χ2v) is 7.83. The number of aryl methyl sites for hydroxylation is 1. The first-order valence-corrected chi connectivity index (χ1v) is 10.3. The molecule has 1 N–H and O–H groups in total. The Morgan fingerprint density at radius 3 is 2.09 bits per heavy atom. The lowest BCUT2D eigenvalue weighted by atomic mass is 10.1. The normalized spacial score (nSPS) is 11.7. The summed E-state index contributed by atoms with van der Waals surface area (Å²) in [5.41, 5.74) is 2.49. The Balaban J connectivity index is 2.18. The number of hydrogen-bond donors (Lipinski definition) is 1. The average molecular weight is 326 g/mol. The standard InChI is InChI=1S/C18H31NO2S/c1-3-5-6-7-8-9-16-22(20,21)19-15-14-18-12-10-17(4-2)11-13-18/h10-13,19H,3-9,14-16H2,1-2H3. The minimum atomic E-state index is -3.11. The Hall–Kier alpha value is -0.870. The molecule has 0 aliphatic carbocycles. The molecule has 0 saturated heterocycles. The Bertz CT molecular complexity index is 494. The fourth-order valence-corrected chi connectivity index (χ4v) is 3.58. The first-order chi connectivity index (χ1) is 10.6. The van der Waals surface area contributed by atoms with Crippen molar-refractivity contribution in [3.8, 4) is 0 Å². The third kappa shape index (κ3) is 8.54. The fraction of sp³-hybridized carbons (Fsp3) is 0.667. The van der Waals surface area contributed by atoms with Gasteiger partial charge in [0, 0.05) is 6.54 Å². The van der Waals surface area contributed by atoms with Crippen molar-refractivity contribution in [2.75, 3.05) is 12.3 Å². The topological polar surface area (TPSA) is 46.2 Å². The molecule has 1 aromatic carbocycles. The fourth-order valence-electron chi connectivity index (χ4n) is 2.44. The van der Waals surface area contributed by atoms with Gasteiger partial charge in [-0.25, -0.2) is 13.1 Å². The van der Waals surface area contributed by atoms with E-state index in [0.717, 1.165) is 32.1 Å². The smallest absolute Gasteiger partial charge is 0.211 e. The summed E-state index contributed by atoms with van der Waals surface area (Å²) >= 11 is 0. The van der Waals surface area contributed by atoms with Gasteiger partial charge >= 0.3 is 0 Å². The summed E-state index contributed by atoms with van der Waals surface area (Å²) in [5.74, 6) is 0.258. The van der Waals surface area contributed by atoms with Crippen molar-refractivity contribution in [3.05, 3.63) is 35.4 Å². The molecule has 4 heteroatoms. The maximum absolute atomic E-state index is 11.9. The van der Waals surface area contributed by atoms with E-state index in [1.54, 1.807) is 0 Å². The Labute approximate surface area is 136 Å². The lowest BCUT2D eigenvalue weighted by Crippen LogP contribution is -2.28. The summed E-state index contributed by atoms with van der Waals surface area (Å²) in [5, 5.41) is 0. The molecule has 0 saturated carbocycles. The van der Waals surface area contributed by atoms with Crippen molar-refractivity contribution in [1.29, 1.82) is 0 Å². The van der Waals surface area contributed by atoms with Crippen LogP contribution in [0, 0.1) is 0 Å². The second-order valence-electron chi connectivity index (χ2n) is 5.90. The summed E-state index contributed by atoms with van der Waals surface area (Å²) in [4.78, 5) is 0. The number of rotatable bonds is 12. The molecule has 3 nitrogen and oxygen atoms in total. The van der Waals surface area contributed by atoms with Gasteiger partial charge in [-0.05, 0) is 30.4 Å². The minimum absolute atomic E-state index is 0.258. The van der Waals surface area contributed by atoms with E-state index in [1.807, 2.05) is 0 Å². The zero-order valence-electron chi connectivity index (χ0n) is 14.1. The van der Waals surface area contributed by atoms with Crippen molar-refractivity contribution >= 4 is 10.0 Å². The van der Waals surface area contributed by atoms with Crippen LogP contribution in [0.2, 0.25) is 0 Å². The van der Waals surface area contributed by atoms with Crippen LogP contribution in [0.4, 0.5) is 0 Å². The second kappa shape index (κ2) is 10.8. The molecule has 1 rings (SSSR count). The molecule has 22 heavy (non-hydrogen) atoms. The van der Waals surface area contributed by atoms with Gasteiger partial charge in [0.05, 0.1) is 5.75 Å². The van der Waals surface area contributed by atoms with Crippen LogP contribution in [0.25, 0.3) is 0 Å². The molecule has 0 atom stereocenters. The van der Waals surface area contributed by atoms with E-state index in [9.17, 15) is 8.42 Å². The molecule has 0 amide bonds. The van der Waals surface area contributed by atoms with E-state index in [1.165, 1.54) is 30.4 Å². The van der Waals surface area contributed by atoms with Crippen LogP contribution in [0.3, 0.4) is 0 Å². The molecule has 126 valence electrons. The maximum Gasteiger partial charge on any atom is 0.211 e. The van der Waals surface area contributed by atoms with E-state index in [4.69, 9.17) is 0 Å². The number of nitrogens with one attached hydrogen (secondary N) is 1. The summed E-state index contributed by atoms with van der Waals surface area (Å²) in [6.45, 7) is 4.80. The quantitative estimate of drug-likeness (QED) is 0.589. The monoisotopic (exact) mass is 325 g/mol. The molecule has 1 aromatic rings. The first-order valence-electron chi connectivity index (χ1n) is 8.62. The average Bonchev–Trinajstić information content (AvgIpc) is 2.51. The number of unbranched alkanes of at least 4 members (excludes halogenated alkanes) is 5. The van der Waals surface area contributed by atoms with Gasteiger partial charge in [-0.15, -0.1) is 0 Å². The van der Waals surface area contributed by atoms with Gasteiger partial charge in [0.2, 0.25) is 10.0 Å². The van der Waals surface area contributed by atoms with Gasteiger partial charge in [0.15, 0.2) is 0 Å². The molecule has 0 aliphatic rings. The van der Waals surface area contributed by atoms with Crippen LogP contribution in [-0.4, -0.2) is 20.7 Å².